The summed E-state index contributed by atoms with van der Waals surface area (Å²) in [6, 6.07) is 4.67. The van der Waals surface area contributed by atoms with E-state index in [1.165, 1.54) is 7.11 Å². The first-order valence-electron chi connectivity index (χ1n) is 6.42. The molecule has 0 radical (unpaired) electrons. The second kappa shape index (κ2) is 7.59. The summed E-state index contributed by atoms with van der Waals surface area (Å²) in [6.45, 7) is 3.73. The van der Waals surface area contributed by atoms with Crippen LogP contribution in [0.2, 0.25) is 0 Å². The molecule has 0 aliphatic heterocycles. The van der Waals surface area contributed by atoms with E-state index < -0.39 is 0 Å². The van der Waals surface area contributed by atoms with Crippen LogP contribution in [-0.4, -0.2) is 38.0 Å². The molecule has 2 unspecified atom stereocenters. The van der Waals surface area contributed by atoms with Crippen molar-refractivity contribution in [3.8, 4) is 11.5 Å². The van der Waals surface area contributed by atoms with Crippen LogP contribution >= 0.6 is 0 Å². The number of carbonyl (C=O) groups excluding carboxylic acids is 1. The molecule has 1 rings (SSSR count). The Balaban J connectivity index is 2.66. The summed E-state index contributed by atoms with van der Waals surface area (Å²) >= 11 is 0. The molecule has 0 spiro atoms. The van der Waals surface area contributed by atoms with Gasteiger partial charge in [0.2, 0.25) is 0 Å². The van der Waals surface area contributed by atoms with E-state index in [9.17, 15) is 4.79 Å². The fourth-order valence-electron chi connectivity index (χ4n) is 1.59. The SMILES string of the molecule is COc1ccc(NC(=O)NC(C)C(C)CO)cc1OC. The molecule has 0 heterocycles. The molecule has 0 aliphatic carbocycles. The van der Waals surface area contributed by atoms with E-state index in [4.69, 9.17) is 14.6 Å². The van der Waals surface area contributed by atoms with Gasteiger partial charge in [-0.15, -0.1) is 0 Å². The Morgan fingerprint density at radius 1 is 1.25 bits per heavy atom. The maximum Gasteiger partial charge on any atom is 0.319 e. The highest BCUT2D eigenvalue weighted by atomic mass is 16.5. The van der Waals surface area contributed by atoms with Crippen LogP contribution in [0.25, 0.3) is 0 Å². The van der Waals surface area contributed by atoms with Crippen molar-refractivity contribution in [3.63, 3.8) is 0 Å². The molecule has 20 heavy (non-hydrogen) atoms. The van der Waals surface area contributed by atoms with Gasteiger partial charge in [-0.2, -0.15) is 0 Å². The molecule has 0 saturated carbocycles. The molecule has 0 aromatic heterocycles. The number of nitrogens with one attached hydrogen (secondary N) is 2. The number of hydrogen-bond acceptors (Lipinski definition) is 4. The average Bonchev–Trinajstić information content (AvgIpc) is 2.45. The molecule has 112 valence electrons. The highest BCUT2D eigenvalue weighted by Crippen LogP contribution is 2.29. The fourth-order valence-corrected chi connectivity index (χ4v) is 1.59. The zero-order valence-corrected chi connectivity index (χ0v) is 12.3. The Morgan fingerprint density at radius 2 is 1.90 bits per heavy atom. The topological polar surface area (TPSA) is 79.8 Å². The van der Waals surface area contributed by atoms with Gasteiger partial charge in [0.1, 0.15) is 0 Å². The van der Waals surface area contributed by atoms with Crippen molar-refractivity contribution in [3.05, 3.63) is 18.2 Å². The molecule has 6 nitrogen and oxygen atoms in total. The summed E-state index contributed by atoms with van der Waals surface area (Å²) in [5.41, 5.74) is 0.601. The van der Waals surface area contributed by atoms with E-state index in [2.05, 4.69) is 10.6 Å². The zero-order valence-electron chi connectivity index (χ0n) is 12.3. The lowest BCUT2D eigenvalue weighted by atomic mass is 10.1. The summed E-state index contributed by atoms with van der Waals surface area (Å²) in [4.78, 5) is 11.8. The van der Waals surface area contributed by atoms with Crippen LogP contribution in [-0.2, 0) is 0 Å². The van der Waals surface area contributed by atoms with Gasteiger partial charge in [0.25, 0.3) is 0 Å². The van der Waals surface area contributed by atoms with Gasteiger partial charge in [-0.25, -0.2) is 4.79 Å². The Hall–Kier alpha value is -1.95. The number of anilines is 1. The van der Waals surface area contributed by atoms with Crippen molar-refractivity contribution in [1.82, 2.24) is 5.32 Å². The summed E-state index contributed by atoms with van der Waals surface area (Å²) in [5, 5.41) is 14.5. The molecule has 6 heteroatoms. The largest absolute Gasteiger partial charge is 0.493 e. The number of hydrogen-bond donors (Lipinski definition) is 3. The van der Waals surface area contributed by atoms with Crippen molar-refractivity contribution < 1.29 is 19.4 Å². The smallest absolute Gasteiger partial charge is 0.319 e. The zero-order chi connectivity index (χ0) is 15.1. The van der Waals surface area contributed by atoms with E-state index in [1.807, 2.05) is 13.8 Å². The monoisotopic (exact) mass is 282 g/mol. The minimum atomic E-state index is -0.329. The Labute approximate surface area is 119 Å². The lowest BCUT2D eigenvalue weighted by molar-refractivity contribution is 0.204. The number of rotatable bonds is 6. The van der Waals surface area contributed by atoms with E-state index in [1.54, 1.807) is 25.3 Å². The molecule has 2 amide bonds. The highest BCUT2D eigenvalue weighted by Gasteiger charge is 2.14. The quantitative estimate of drug-likeness (QED) is 0.744. The summed E-state index contributed by atoms with van der Waals surface area (Å²) in [7, 11) is 3.09. The van der Waals surface area contributed by atoms with Crippen LogP contribution in [0, 0.1) is 5.92 Å². The third kappa shape index (κ3) is 4.31. The maximum atomic E-state index is 11.8. The van der Waals surface area contributed by atoms with Crippen LogP contribution in [0.3, 0.4) is 0 Å². The second-order valence-electron chi connectivity index (χ2n) is 4.62. The van der Waals surface area contributed by atoms with Crippen LogP contribution in [0.5, 0.6) is 11.5 Å². The van der Waals surface area contributed by atoms with Gasteiger partial charge < -0.3 is 25.2 Å². The van der Waals surface area contributed by atoms with Crippen molar-refractivity contribution >= 4 is 11.7 Å². The van der Waals surface area contributed by atoms with Crippen LogP contribution in [0.1, 0.15) is 13.8 Å². The van der Waals surface area contributed by atoms with Gasteiger partial charge in [-0.1, -0.05) is 6.92 Å². The number of carbonyl (C=O) groups is 1. The number of ether oxygens (including phenoxy) is 2. The predicted octanol–water partition coefficient (Wildman–Crippen LogP) is 1.84. The van der Waals surface area contributed by atoms with Crippen LogP contribution < -0.4 is 20.1 Å². The molecule has 1 aromatic rings. The average molecular weight is 282 g/mol. The van der Waals surface area contributed by atoms with E-state index in [-0.39, 0.29) is 24.6 Å². The minimum absolute atomic E-state index is 0.00819. The first-order valence-corrected chi connectivity index (χ1v) is 6.42. The highest BCUT2D eigenvalue weighted by molar-refractivity contribution is 5.89. The second-order valence-corrected chi connectivity index (χ2v) is 4.62. The lowest BCUT2D eigenvalue weighted by Crippen LogP contribution is -2.40. The van der Waals surface area contributed by atoms with Gasteiger partial charge in [0.15, 0.2) is 11.5 Å². The molecule has 0 aliphatic rings. The molecule has 2 atom stereocenters. The van der Waals surface area contributed by atoms with E-state index in [0.29, 0.717) is 17.2 Å². The summed E-state index contributed by atoms with van der Waals surface area (Å²) < 4.78 is 10.3. The van der Waals surface area contributed by atoms with Gasteiger partial charge in [0, 0.05) is 24.4 Å². The van der Waals surface area contributed by atoms with Crippen molar-refractivity contribution in [1.29, 1.82) is 0 Å². The first kappa shape index (κ1) is 16.1. The normalized spacial score (nSPS) is 13.2. The standard InChI is InChI=1S/C14H22N2O4/c1-9(8-17)10(2)15-14(18)16-11-5-6-12(19-3)13(7-11)20-4/h5-7,9-10,17H,8H2,1-4H3,(H2,15,16,18). The molecule has 0 fully saturated rings. The summed E-state index contributed by atoms with van der Waals surface area (Å²) in [5.74, 6) is 1.13. The van der Waals surface area contributed by atoms with E-state index >= 15 is 0 Å². The van der Waals surface area contributed by atoms with Gasteiger partial charge in [-0.3, -0.25) is 0 Å². The van der Waals surface area contributed by atoms with Crippen molar-refractivity contribution in [2.75, 3.05) is 26.1 Å². The van der Waals surface area contributed by atoms with Gasteiger partial charge in [-0.05, 0) is 25.0 Å². The molecular weight excluding hydrogens is 260 g/mol. The Morgan fingerprint density at radius 3 is 2.45 bits per heavy atom. The van der Waals surface area contributed by atoms with Crippen LogP contribution in [0.15, 0.2) is 18.2 Å². The summed E-state index contributed by atoms with van der Waals surface area (Å²) in [6.07, 6.45) is 0. The maximum absolute atomic E-state index is 11.8. The third-order valence-electron chi connectivity index (χ3n) is 3.14. The van der Waals surface area contributed by atoms with Crippen molar-refractivity contribution in [2.24, 2.45) is 5.92 Å². The van der Waals surface area contributed by atoms with Crippen molar-refractivity contribution in [2.45, 2.75) is 19.9 Å². The molecule has 0 bridgehead atoms. The number of benzene rings is 1. The Kier molecular flexibility index (Phi) is 6.11. The minimum Gasteiger partial charge on any atom is -0.493 e. The van der Waals surface area contributed by atoms with E-state index in [0.717, 1.165) is 0 Å². The van der Waals surface area contributed by atoms with Gasteiger partial charge >= 0.3 is 6.03 Å². The number of aliphatic hydroxyl groups is 1. The molecule has 3 N–H and O–H groups in total. The number of aliphatic hydroxyl groups excluding tert-OH is 1. The number of methoxy groups -OCH3 is 2. The molecule has 1 aromatic carbocycles. The third-order valence-corrected chi connectivity index (χ3v) is 3.14. The van der Waals surface area contributed by atoms with Gasteiger partial charge in [0.05, 0.1) is 14.2 Å². The fraction of sp³-hybridized carbons (Fsp3) is 0.500. The predicted molar refractivity (Wildman–Crippen MR) is 77.4 cm³/mol. The lowest BCUT2D eigenvalue weighted by Gasteiger charge is -2.19. The van der Waals surface area contributed by atoms with Crippen LogP contribution in [0.4, 0.5) is 10.5 Å². The molecular formula is C14H22N2O4. The first-order chi connectivity index (χ1) is 9.51. The molecule has 0 saturated heterocycles. The number of urea groups is 1. The Bertz CT molecular complexity index is 451. The number of amides is 2.